The summed E-state index contributed by atoms with van der Waals surface area (Å²) in [4.78, 5) is 19.7. The fourth-order valence-corrected chi connectivity index (χ4v) is 5.90. The van der Waals surface area contributed by atoms with Crippen LogP contribution in [0, 0.1) is 0 Å². The lowest BCUT2D eigenvalue weighted by Crippen LogP contribution is -2.61. The molecule has 0 amide bonds. The van der Waals surface area contributed by atoms with Crippen LogP contribution in [0.1, 0.15) is 18.6 Å². The van der Waals surface area contributed by atoms with Crippen molar-refractivity contribution in [2.24, 2.45) is 0 Å². The van der Waals surface area contributed by atoms with Crippen LogP contribution >= 0.6 is 0 Å². The third-order valence-electron chi connectivity index (χ3n) is 7.87. The molecule has 10 heteroatoms. The molecule has 6 heterocycles. The van der Waals surface area contributed by atoms with Gasteiger partial charge in [0.15, 0.2) is 17.2 Å². The quantitative estimate of drug-likeness (QED) is 0.435. The highest BCUT2D eigenvalue weighted by molar-refractivity contribution is 5.95. The first-order chi connectivity index (χ1) is 18.0. The van der Waals surface area contributed by atoms with Crippen molar-refractivity contribution in [3.05, 3.63) is 42.3 Å². The van der Waals surface area contributed by atoms with Crippen molar-refractivity contribution < 1.29 is 17.9 Å². The molecule has 4 aromatic rings. The van der Waals surface area contributed by atoms with Gasteiger partial charge in [-0.2, -0.15) is 0 Å². The van der Waals surface area contributed by atoms with E-state index in [1.54, 1.807) is 0 Å². The zero-order valence-electron chi connectivity index (χ0n) is 20.6. The van der Waals surface area contributed by atoms with Crippen LogP contribution in [-0.4, -0.2) is 89.2 Å². The molecule has 0 aliphatic carbocycles. The van der Waals surface area contributed by atoms with Gasteiger partial charge in [-0.25, -0.2) is 18.7 Å². The standard InChI is InChI=1S/C27H30F2N6O2/c28-27(29)16-35(17-27)18-5-8-33(9-6-18)15-19-14-23-24(37-19)26(34-10-12-36-13-11-34)32-25(31-23)21-2-1-3-22-20(21)4-7-30-22/h1-4,7,14,18,30H,5-6,8-13,15-17H2. The van der Waals surface area contributed by atoms with Crippen molar-refractivity contribution in [1.82, 2.24) is 24.8 Å². The summed E-state index contributed by atoms with van der Waals surface area (Å²) in [5.74, 6) is -0.168. The molecule has 0 saturated carbocycles. The molecule has 1 N–H and O–H groups in total. The zero-order valence-corrected chi connectivity index (χ0v) is 20.6. The van der Waals surface area contributed by atoms with Crippen LogP contribution in [0.3, 0.4) is 0 Å². The van der Waals surface area contributed by atoms with Gasteiger partial charge in [-0.3, -0.25) is 9.80 Å². The molecule has 7 rings (SSSR count). The maximum Gasteiger partial charge on any atom is 0.272 e. The van der Waals surface area contributed by atoms with E-state index in [4.69, 9.17) is 19.1 Å². The number of fused-ring (bicyclic) bond motifs is 2. The summed E-state index contributed by atoms with van der Waals surface area (Å²) in [5.41, 5.74) is 3.54. The third-order valence-corrected chi connectivity index (χ3v) is 7.87. The lowest BCUT2D eigenvalue weighted by Gasteiger charge is -2.46. The average Bonchev–Trinajstić information content (AvgIpc) is 3.54. The zero-order chi connectivity index (χ0) is 25.0. The predicted octanol–water partition coefficient (Wildman–Crippen LogP) is 4.12. The molecule has 194 valence electrons. The Morgan fingerprint density at radius 3 is 2.62 bits per heavy atom. The van der Waals surface area contributed by atoms with Crippen molar-refractivity contribution in [3.63, 3.8) is 0 Å². The Morgan fingerprint density at radius 1 is 1.03 bits per heavy atom. The number of hydrogen-bond acceptors (Lipinski definition) is 7. The molecule has 0 bridgehead atoms. The third kappa shape index (κ3) is 4.36. The maximum atomic E-state index is 13.3. The van der Waals surface area contributed by atoms with E-state index in [9.17, 15) is 8.78 Å². The number of ether oxygens (including phenoxy) is 1. The second-order valence-corrected chi connectivity index (χ2v) is 10.4. The van der Waals surface area contributed by atoms with E-state index in [0.29, 0.717) is 31.2 Å². The van der Waals surface area contributed by atoms with Crippen LogP contribution in [-0.2, 0) is 11.3 Å². The minimum atomic E-state index is -2.50. The van der Waals surface area contributed by atoms with Crippen LogP contribution < -0.4 is 4.90 Å². The monoisotopic (exact) mass is 508 g/mol. The van der Waals surface area contributed by atoms with Crippen molar-refractivity contribution >= 4 is 27.8 Å². The largest absolute Gasteiger partial charge is 0.454 e. The number of hydrogen-bond donors (Lipinski definition) is 1. The molecule has 3 saturated heterocycles. The fourth-order valence-electron chi connectivity index (χ4n) is 5.90. The highest BCUT2D eigenvalue weighted by Gasteiger charge is 2.46. The molecule has 8 nitrogen and oxygen atoms in total. The van der Waals surface area contributed by atoms with Gasteiger partial charge >= 0.3 is 0 Å². The molecule has 0 unspecified atom stereocenters. The van der Waals surface area contributed by atoms with E-state index in [0.717, 1.165) is 72.6 Å². The number of nitrogens with zero attached hydrogens (tertiary/aromatic N) is 5. The van der Waals surface area contributed by atoms with Gasteiger partial charge < -0.3 is 19.0 Å². The molecule has 0 radical (unpaired) electrons. The van der Waals surface area contributed by atoms with Crippen molar-refractivity contribution in [1.29, 1.82) is 0 Å². The molecular formula is C27H30F2N6O2. The molecule has 3 fully saturated rings. The van der Waals surface area contributed by atoms with Gasteiger partial charge in [0, 0.05) is 61.0 Å². The number of H-pyrrole nitrogens is 1. The number of morpholine rings is 1. The number of rotatable bonds is 5. The number of aromatic nitrogens is 3. The highest BCUT2D eigenvalue weighted by atomic mass is 19.3. The Kier molecular flexibility index (Phi) is 5.63. The Labute approximate surface area is 213 Å². The molecule has 0 atom stereocenters. The Hall–Kier alpha value is -3.08. The van der Waals surface area contributed by atoms with Gasteiger partial charge in [0.25, 0.3) is 5.92 Å². The number of nitrogens with one attached hydrogen (secondary N) is 1. The first-order valence-corrected chi connectivity index (χ1v) is 13.1. The molecule has 0 spiro atoms. The molecule has 37 heavy (non-hydrogen) atoms. The average molecular weight is 509 g/mol. The molecule has 1 aromatic carbocycles. The first kappa shape index (κ1) is 23.1. The topological polar surface area (TPSA) is 73.7 Å². The van der Waals surface area contributed by atoms with Gasteiger partial charge in [-0.1, -0.05) is 12.1 Å². The molecule has 3 aliphatic heterocycles. The summed E-state index contributed by atoms with van der Waals surface area (Å²) >= 11 is 0. The normalized spacial score (nSPS) is 21.6. The van der Waals surface area contributed by atoms with Crippen molar-refractivity contribution in [2.75, 3.05) is 57.4 Å². The van der Waals surface area contributed by atoms with E-state index < -0.39 is 5.92 Å². The number of benzene rings is 1. The number of alkyl halides is 2. The SMILES string of the molecule is FC1(F)CN(C2CCN(Cc3cc4nc(-c5cccc6[nH]ccc56)nc(N5CCOCC5)c4o3)CC2)C1. The van der Waals surface area contributed by atoms with Crippen LogP contribution in [0.2, 0.25) is 0 Å². The molecule has 3 aliphatic rings. The van der Waals surface area contributed by atoms with E-state index in [2.05, 4.69) is 26.9 Å². The summed E-state index contributed by atoms with van der Waals surface area (Å²) in [6.45, 7) is 5.02. The molecule has 3 aromatic heterocycles. The number of halogens is 2. The smallest absolute Gasteiger partial charge is 0.272 e. The first-order valence-electron chi connectivity index (χ1n) is 13.1. The van der Waals surface area contributed by atoms with E-state index >= 15 is 0 Å². The minimum Gasteiger partial charge on any atom is -0.454 e. The second-order valence-electron chi connectivity index (χ2n) is 10.4. The number of aromatic amines is 1. The Bertz CT molecular complexity index is 1410. The summed E-state index contributed by atoms with van der Waals surface area (Å²) in [5, 5.41) is 1.08. The number of anilines is 1. The lowest BCUT2D eigenvalue weighted by molar-refractivity contribution is -0.151. The summed E-state index contributed by atoms with van der Waals surface area (Å²) < 4.78 is 38.5. The summed E-state index contributed by atoms with van der Waals surface area (Å²) in [6.07, 6.45) is 3.74. The number of piperidine rings is 1. The Balaban J connectivity index is 1.17. The summed E-state index contributed by atoms with van der Waals surface area (Å²) in [6, 6.07) is 10.5. The number of furan rings is 1. The summed E-state index contributed by atoms with van der Waals surface area (Å²) in [7, 11) is 0. The van der Waals surface area contributed by atoms with Gasteiger partial charge in [-0.15, -0.1) is 0 Å². The van der Waals surface area contributed by atoms with Crippen LogP contribution in [0.15, 0.2) is 40.9 Å². The van der Waals surface area contributed by atoms with Gasteiger partial charge in [0.2, 0.25) is 0 Å². The predicted molar refractivity (Wildman–Crippen MR) is 137 cm³/mol. The minimum absolute atomic E-state index is 0.0942. The van der Waals surface area contributed by atoms with Crippen LogP contribution in [0.4, 0.5) is 14.6 Å². The second kappa shape index (κ2) is 9.04. The van der Waals surface area contributed by atoms with Crippen LogP contribution in [0.5, 0.6) is 0 Å². The highest BCUT2D eigenvalue weighted by Crippen LogP contribution is 2.35. The van der Waals surface area contributed by atoms with Gasteiger partial charge in [-0.05, 0) is 25.0 Å². The van der Waals surface area contributed by atoms with E-state index in [1.165, 1.54) is 0 Å². The Morgan fingerprint density at radius 2 is 1.84 bits per heavy atom. The van der Waals surface area contributed by atoms with E-state index in [1.807, 2.05) is 29.3 Å². The van der Waals surface area contributed by atoms with Crippen molar-refractivity contribution in [3.8, 4) is 11.4 Å². The van der Waals surface area contributed by atoms with Crippen molar-refractivity contribution in [2.45, 2.75) is 31.4 Å². The number of likely N-dealkylation sites (tertiary alicyclic amines) is 2. The van der Waals surface area contributed by atoms with Gasteiger partial charge in [0.05, 0.1) is 32.8 Å². The van der Waals surface area contributed by atoms with E-state index in [-0.39, 0.29) is 19.1 Å². The van der Waals surface area contributed by atoms with Gasteiger partial charge in [0.1, 0.15) is 11.3 Å². The lowest BCUT2D eigenvalue weighted by atomic mass is 9.98. The maximum absolute atomic E-state index is 13.3. The molecular weight excluding hydrogens is 478 g/mol. The van der Waals surface area contributed by atoms with Crippen LogP contribution in [0.25, 0.3) is 33.4 Å². The fraction of sp³-hybridized carbons (Fsp3) is 0.481.